The van der Waals surface area contributed by atoms with Crippen LogP contribution < -0.4 is 0 Å². The largest absolute Gasteiger partial charge is 0.363 e. The van der Waals surface area contributed by atoms with E-state index in [9.17, 15) is 4.79 Å². The van der Waals surface area contributed by atoms with Crippen molar-refractivity contribution in [1.29, 1.82) is 0 Å². The van der Waals surface area contributed by atoms with Crippen molar-refractivity contribution in [3.05, 3.63) is 0 Å². The molecule has 0 spiro atoms. The molecular weight excluding hydrogens is 148 g/mol. The van der Waals surface area contributed by atoms with Crippen molar-refractivity contribution in [3.63, 3.8) is 0 Å². The predicted octanol–water partition coefficient (Wildman–Crippen LogP) is 0.553. The van der Waals surface area contributed by atoms with Gasteiger partial charge in [0.25, 0.3) is 0 Å². The fourth-order valence-electron chi connectivity index (χ4n) is 0.0556. The van der Waals surface area contributed by atoms with Crippen molar-refractivity contribution in [2.75, 3.05) is 7.11 Å². The van der Waals surface area contributed by atoms with Gasteiger partial charge in [-0.2, -0.15) is 0 Å². The quantitative estimate of drug-likeness (QED) is 0.427. The Kier molecular flexibility index (Phi) is 3.37. The maximum atomic E-state index is 9.56. The van der Waals surface area contributed by atoms with Gasteiger partial charge in [-0.15, -0.1) is 0 Å². The van der Waals surface area contributed by atoms with Crippen LogP contribution in [0.15, 0.2) is 0 Å². The van der Waals surface area contributed by atoms with Gasteiger partial charge in [-0.3, -0.25) is 4.79 Å². The van der Waals surface area contributed by atoms with Gasteiger partial charge in [-0.1, -0.05) is 0 Å². The highest BCUT2D eigenvalue weighted by molar-refractivity contribution is 9.09. The summed E-state index contributed by atoms with van der Waals surface area (Å²) < 4.78 is 4.45. The first-order valence-electron chi connectivity index (χ1n) is 1.43. The minimum absolute atomic E-state index is 0.433. The molecule has 3 heteroatoms. The number of alkyl halides is 1. The van der Waals surface area contributed by atoms with E-state index in [0.717, 1.165) is 0 Å². The first kappa shape index (κ1) is 6.11. The molecule has 0 aromatic rings. The lowest BCUT2D eigenvalue weighted by atomic mass is 10.8. The summed E-state index contributed by atoms with van der Waals surface area (Å²) in [6.07, 6.45) is 0.667. The molecule has 6 heavy (non-hydrogen) atoms. The summed E-state index contributed by atoms with van der Waals surface area (Å²) in [5, 5.41) is -0.433. The Labute approximate surface area is 44.6 Å². The van der Waals surface area contributed by atoms with E-state index in [1.165, 1.54) is 7.11 Å². The van der Waals surface area contributed by atoms with Gasteiger partial charge in [-0.25, -0.2) is 0 Å². The lowest BCUT2D eigenvalue weighted by Crippen LogP contribution is -1.99. The average molecular weight is 153 g/mol. The molecule has 2 nitrogen and oxygen atoms in total. The van der Waals surface area contributed by atoms with E-state index in [2.05, 4.69) is 20.7 Å². The van der Waals surface area contributed by atoms with Crippen LogP contribution in [0.5, 0.6) is 0 Å². The monoisotopic (exact) mass is 152 g/mol. The lowest BCUT2D eigenvalue weighted by Gasteiger charge is -1.91. The summed E-state index contributed by atoms with van der Waals surface area (Å²) in [5.74, 6) is 0. The number of ether oxygens (including phenoxy) is 1. The third kappa shape index (κ3) is 2.35. The van der Waals surface area contributed by atoms with Crippen LogP contribution in [0, 0.1) is 0 Å². The second-order valence-electron chi connectivity index (χ2n) is 0.723. The number of carbonyl (C=O) groups is 1. The van der Waals surface area contributed by atoms with Crippen LogP contribution in [0.1, 0.15) is 0 Å². The summed E-state index contributed by atoms with van der Waals surface area (Å²) in [6.45, 7) is 0. The first-order chi connectivity index (χ1) is 2.81. The summed E-state index contributed by atoms with van der Waals surface area (Å²) in [5.41, 5.74) is 0. The van der Waals surface area contributed by atoms with Crippen molar-refractivity contribution >= 4 is 22.2 Å². The van der Waals surface area contributed by atoms with E-state index in [1.54, 1.807) is 0 Å². The van der Waals surface area contributed by atoms with Crippen molar-refractivity contribution in [2.45, 2.75) is 5.01 Å². The Morgan fingerprint density at radius 1 is 2.00 bits per heavy atom. The Morgan fingerprint density at radius 2 is 2.50 bits per heavy atom. The molecule has 0 rings (SSSR count). The Morgan fingerprint density at radius 3 is 2.50 bits per heavy atom. The van der Waals surface area contributed by atoms with Crippen molar-refractivity contribution < 1.29 is 9.53 Å². The number of methoxy groups -OCH3 is 1. The topological polar surface area (TPSA) is 26.3 Å². The molecule has 0 bridgehead atoms. The molecular formula is C3H5BrO2. The first-order valence-corrected chi connectivity index (χ1v) is 2.35. The smallest absolute Gasteiger partial charge is 0.166 e. The van der Waals surface area contributed by atoms with E-state index in [1.807, 2.05) is 0 Å². The predicted molar refractivity (Wildman–Crippen MR) is 25.8 cm³/mol. The molecule has 0 heterocycles. The Balaban J connectivity index is 2.96. The summed E-state index contributed by atoms with van der Waals surface area (Å²) in [6, 6.07) is 0. The molecule has 0 aromatic heterocycles. The molecule has 0 N–H and O–H groups in total. The highest BCUT2D eigenvalue weighted by atomic mass is 79.9. The van der Waals surface area contributed by atoms with E-state index < -0.39 is 5.01 Å². The Hall–Kier alpha value is 0.110. The molecule has 0 aliphatic heterocycles. The minimum Gasteiger partial charge on any atom is -0.363 e. The minimum atomic E-state index is -0.433. The summed E-state index contributed by atoms with van der Waals surface area (Å²) >= 11 is 2.89. The number of rotatable bonds is 2. The van der Waals surface area contributed by atoms with Gasteiger partial charge in [0.15, 0.2) is 11.3 Å². The van der Waals surface area contributed by atoms with Gasteiger partial charge in [0.05, 0.1) is 0 Å². The van der Waals surface area contributed by atoms with Crippen LogP contribution in [0.2, 0.25) is 0 Å². The van der Waals surface area contributed by atoms with Gasteiger partial charge in [0.2, 0.25) is 0 Å². The number of aldehydes is 1. The molecule has 0 fully saturated rings. The zero-order chi connectivity index (χ0) is 4.99. The molecule has 1 unspecified atom stereocenters. The summed E-state index contributed by atoms with van der Waals surface area (Å²) in [4.78, 5) is 9.56. The fraction of sp³-hybridized carbons (Fsp3) is 0.667. The maximum Gasteiger partial charge on any atom is 0.166 e. The summed E-state index contributed by atoms with van der Waals surface area (Å²) in [7, 11) is 1.45. The van der Waals surface area contributed by atoms with Gasteiger partial charge in [0, 0.05) is 7.11 Å². The van der Waals surface area contributed by atoms with Crippen molar-refractivity contribution in [1.82, 2.24) is 0 Å². The Bertz CT molecular complexity index is 46.1. The molecule has 0 amide bonds. The zero-order valence-electron chi connectivity index (χ0n) is 3.35. The van der Waals surface area contributed by atoms with Crippen LogP contribution >= 0.6 is 15.9 Å². The van der Waals surface area contributed by atoms with Crippen LogP contribution in [-0.2, 0) is 9.53 Å². The van der Waals surface area contributed by atoms with Crippen LogP contribution in [-0.4, -0.2) is 18.4 Å². The normalized spacial score (nSPS) is 13.7. The molecule has 0 saturated heterocycles. The van der Waals surface area contributed by atoms with Crippen molar-refractivity contribution in [2.24, 2.45) is 0 Å². The SMILES string of the molecule is COC(Br)C=O. The number of hydrogen-bond donors (Lipinski definition) is 0. The molecule has 0 aromatic carbocycles. The molecule has 0 radical (unpaired) electrons. The van der Waals surface area contributed by atoms with Gasteiger partial charge in [0.1, 0.15) is 0 Å². The van der Waals surface area contributed by atoms with E-state index >= 15 is 0 Å². The number of hydrogen-bond acceptors (Lipinski definition) is 2. The highest BCUT2D eigenvalue weighted by Crippen LogP contribution is 1.91. The fourth-order valence-corrected chi connectivity index (χ4v) is 0.0556. The lowest BCUT2D eigenvalue weighted by molar-refractivity contribution is -0.112. The highest BCUT2D eigenvalue weighted by Gasteiger charge is 1.91. The molecule has 0 aliphatic rings. The van der Waals surface area contributed by atoms with Crippen LogP contribution in [0.25, 0.3) is 0 Å². The molecule has 1 atom stereocenters. The standard InChI is InChI=1S/C3H5BrO2/c1-6-3(4)2-5/h2-3H,1H3. The number of halogens is 1. The molecule has 36 valence electrons. The van der Waals surface area contributed by atoms with Crippen LogP contribution in [0.3, 0.4) is 0 Å². The zero-order valence-corrected chi connectivity index (χ0v) is 4.94. The third-order valence-corrected chi connectivity index (χ3v) is 0.922. The van der Waals surface area contributed by atoms with Crippen LogP contribution in [0.4, 0.5) is 0 Å². The van der Waals surface area contributed by atoms with E-state index in [0.29, 0.717) is 6.29 Å². The average Bonchev–Trinajstić information content (AvgIpc) is 1.65. The molecule has 0 aliphatic carbocycles. The molecule has 0 saturated carbocycles. The maximum absolute atomic E-state index is 9.56. The van der Waals surface area contributed by atoms with Gasteiger partial charge in [-0.05, 0) is 15.9 Å². The van der Waals surface area contributed by atoms with Gasteiger partial charge >= 0.3 is 0 Å². The van der Waals surface area contributed by atoms with E-state index in [-0.39, 0.29) is 0 Å². The third-order valence-electron chi connectivity index (χ3n) is 0.332. The second-order valence-corrected chi connectivity index (χ2v) is 1.63. The second kappa shape index (κ2) is 3.31. The van der Waals surface area contributed by atoms with Crippen molar-refractivity contribution in [3.8, 4) is 0 Å². The number of carbonyl (C=O) groups excluding carboxylic acids is 1. The van der Waals surface area contributed by atoms with Gasteiger partial charge < -0.3 is 4.74 Å². The van der Waals surface area contributed by atoms with E-state index in [4.69, 9.17) is 0 Å².